The molecule has 21 heavy (non-hydrogen) atoms. The molecule has 4 nitrogen and oxygen atoms in total. The number of aliphatic hydroxyl groups excluding tert-OH is 1. The molecule has 3 atom stereocenters. The summed E-state index contributed by atoms with van der Waals surface area (Å²) in [5, 5.41) is 9.75. The van der Waals surface area contributed by atoms with Crippen LogP contribution in [0.25, 0.3) is 0 Å². The molecule has 2 fully saturated rings. The first-order valence-electron chi connectivity index (χ1n) is 7.49. The number of aliphatic hydroxyl groups is 1. The summed E-state index contributed by atoms with van der Waals surface area (Å²) < 4.78 is 27.7. The quantitative estimate of drug-likeness (QED) is 0.908. The maximum atomic E-state index is 13.1. The molecule has 1 aromatic rings. The summed E-state index contributed by atoms with van der Waals surface area (Å²) >= 11 is 0. The van der Waals surface area contributed by atoms with Crippen molar-refractivity contribution in [3.05, 3.63) is 28.3 Å². The smallest absolute Gasteiger partial charge is 0.243 e. The van der Waals surface area contributed by atoms with E-state index >= 15 is 0 Å². The third kappa shape index (κ3) is 2.14. The highest BCUT2D eigenvalue weighted by molar-refractivity contribution is 7.89. The number of nitrogens with zero attached hydrogens (tertiary/aromatic N) is 1. The molecular weight excluding hydrogens is 286 g/mol. The van der Waals surface area contributed by atoms with Gasteiger partial charge in [0, 0.05) is 19.0 Å². The molecule has 0 spiro atoms. The molecule has 0 aromatic heterocycles. The molecule has 3 rings (SSSR count). The van der Waals surface area contributed by atoms with Crippen LogP contribution in [0.5, 0.6) is 0 Å². The fourth-order valence-electron chi connectivity index (χ4n) is 3.72. The molecule has 0 unspecified atom stereocenters. The molecular formula is C16H23NO3S. The Kier molecular flexibility index (Phi) is 3.43. The van der Waals surface area contributed by atoms with Crippen molar-refractivity contribution in [3.63, 3.8) is 0 Å². The van der Waals surface area contributed by atoms with Crippen LogP contribution in [0.15, 0.2) is 11.0 Å². The Bertz CT molecular complexity index is 670. The van der Waals surface area contributed by atoms with Crippen molar-refractivity contribution in [2.24, 2.45) is 11.8 Å². The molecule has 5 heteroatoms. The number of rotatable bonds is 2. The zero-order valence-corrected chi connectivity index (χ0v) is 13.9. The van der Waals surface area contributed by atoms with Gasteiger partial charge in [0.05, 0.1) is 11.0 Å². The Hall–Kier alpha value is -0.910. The van der Waals surface area contributed by atoms with Crippen LogP contribution >= 0.6 is 0 Å². The third-order valence-corrected chi connectivity index (χ3v) is 7.50. The van der Waals surface area contributed by atoms with E-state index in [1.54, 1.807) is 4.31 Å². The van der Waals surface area contributed by atoms with Crippen molar-refractivity contribution in [1.29, 1.82) is 0 Å². The normalized spacial score (nSPS) is 29.3. The SMILES string of the molecule is Cc1cc(C)c(C)c(S(=O)(=O)N2C[C@H]3C[C@@H](O)[C@H]3C2)c1C. The predicted molar refractivity (Wildman–Crippen MR) is 81.8 cm³/mol. The van der Waals surface area contributed by atoms with Crippen LogP contribution in [-0.4, -0.2) is 37.0 Å². The highest BCUT2D eigenvalue weighted by Gasteiger charge is 2.49. The zero-order chi connectivity index (χ0) is 15.5. The van der Waals surface area contributed by atoms with Crippen LogP contribution in [0.2, 0.25) is 0 Å². The maximum Gasteiger partial charge on any atom is 0.243 e. The topological polar surface area (TPSA) is 57.6 Å². The summed E-state index contributed by atoms with van der Waals surface area (Å²) in [5.41, 5.74) is 3.72. The molecule has 1 N–H and O–H groups in total. The molecule has 1 aliphatic carbocycles. The van der Waals surface area contributed by atoms with Gasteiger partial charge in [-0.1, -0.05) is 6.07 Å². The summed E-state index contributed by atoms with van der Waals surface area (Å²) in [5.74, 6) is 0.465. The van der Waals surface area contributed by atoms with E-state index in [1.165, 1.54) is 0 Å². The summed E-state index contributed by atoms with van der Waals surface area (Å²) in [6.45, 7) is 8.69. The summed E-state index contributed by atoms with van der Waals surface area (Å²) in [7, 11) is -3.47. The second-order valence-corrected chi connectivity index (χ2v) is 8.51. The van der Waals surface area contributed by atoms with Gasteiger partial charge in [-0.2, -0.15) is 4.31 Å². The molecule has 116 valence electrons. The molecule has 1 aliphatic heterocycles. The van der Waals surface area contributed by atoms with Crippen LogP contribution < -0.4 is 0 Å². The highest BCUT2D eigenvalue weighted by Crippen LogP contribution is 2.43. The largest absolute Gasteiger partial charge is 0.393 e. The molecule has 1 saturated carbocycles. The molecule has 2 aliphatic rings. The standard InChI is InChI=1S/C16H23NO3S/c1-9-5-10(2)12(4)16(11(9)3)21(19,20)17-7-13-6-15(18)14(13)8-17/h5,13-15,18H,6-8H2,1-4H3/t13-,14+,15-/m1/s1. The Balaban J connectivity index is 2.04. The monoisotopic (exact) mass is 309 g/mol. The van der Waals surface area contributed by atoms with Gasteiger partial charge in [-0.15, -0.1) is 0 Å². The molecule has 1 saturated heterocycles. The van der Waals surface area contributed by atoms with Gasteiger partial charge in [-0.3, -0.25) is 0 Å². The molecule has 0 amide bonds. The Morgan fingerprint density at radius 1 is 1.10 bits per heavy atom. The number of benzene rings is 1. The third-order valence-electron chi connectivity index (χ3n) is 5.39. The van der Waals surface area contributed by atoms with E-state index < -0.39 is 10.0 Å². The van der Waals surface area contributed by atoms with Crippen LogP contribution in [0.4, 0.5) is 0 Å². The summed E-state index contributed by atoms with van der Waals surface area (Å²) in [6, 6.07) is 2.04. The lowest BCUT2D eigenvalue weighted by atomic mass is 9.74. The van der Waals surface area contributed by atoms with Crippen molar-refractivity contribution in [3.8, 4) is 0 Å². The van der Waals surface area contributed by atoms with Crippen LogP contribution in [-0.2, 0) is 10.0 Å². The van der Waals surface area contributed by atoms with E-state index in [0.29, 0.717) is 23.9 Å². The van der Waals surface area contributed by atoms with Gasteiger partial charge >= 0.3 is 0 Å². The first kappa shape index (κ1) is 15.0. The lowest BCUT2D eigenvalue weighted by Crippen LogP contribution is -2.39. The first-order valence-corrected chi connectivity index (χ1v) is 8.93. The van der Waals surface area contributed by atoms with Crippen LogP contribution in [0, 0.1) is 39.5 Å². The maximum absolute atomic E-state index is 13.1. The minimum absolute atomic E-state index is 0.131. The number of hydrogen-bond donors (Lipinski definition) is 1. The minimum atomic E-state index is -3.47. The molecule has 0 radical (unpaired) electrons. The van der Waals surface area contributed by atoms with Gasteiger partial charge in [-0.25, -0.2) is 8.42 Å². The fourth-order valence-corrected chi connectivity index (χ4v) is 5.83. The van der Waals surface area contributed by atoms with Crippen molar-refractivity contribution in [1.82, 2.24) is 4.31 Å². The highest BCUT2D eigenvalue weighted by atomic mass is 32.2. The fraction of sp³-hybridized carbons (Fsp3) is 0.625. The minimum Gasteiger partial charge on any atom is -0.393 e. The lowest BCUT2D eigenvalue weighted by molar-refractivity contribution is -0.00416. The van der Waals surface area contributed by atoms with Gasteiger partial charge in [0.1, 0.15) is 0 Å². The van der Waals surface area contributed by atoms with Crippen molar-refractivity contribution >= 4 is 10.0 Å². The second kappa shape index (κ2) is 4.80. The second-order valence-electron chi connectivity index (χ2n) is 6.64. The predicted octanol–water partition coefficient (Wildman–Crippen LogP) is 1.92. The van der Waals surface area contributed by atoms with Gasteiger partial charge in [0.15, 0.2) is 0 Å². The van der Waals surface area contributed by atoms with E-state index in [2.05, 4.69) is 0 Å². The number of sulfonamides is 1. The van der Waals surface area contributed by atoms with Crippen LogP contribution in [0.1, 0.15) is 28.7 Å². The lowest BCUT2D eigenvalue weighted by Gasteiger charge is -2.34. The van der Waals surface area contributed by atoms with Gasteiger partial charge in [0.2, 0.25) is 10.0 Å². The molecule has 1 heterocycles. The number of hydrogen-bond acceptors (Lipinski definition) is 3. The van der Waals surface area contributed by atoms with E-state index in [-0.39, 0.29) is 12.0 Å². The van der Waals surface area contributed by atoms with Crippen molar-refractivity contribution in [2.75, 3.05) is 13.1 Å². The number of fused-ring (bicyclic) bond motifs is 1. The van der Waals surface area contributed by atoms with Gasteiger partial charge < -0.3 is 5.11 Å². The number of aryl methyl sites for hydroxylation is 2. The Morgan fingerprint density at radius 2 is 1.67 bits per heavy atom. The zero-order valence-electron chi connectivity index (χ0n) is 13.0. The molecule has 0 bridgehead atoms. The summed E-state index contributed by atoms with van der Waals surface area (Å²) in [4.78, 5) is 0.468. The summed E-state index contributed by atoms with van der Waals surface area (Å²) in [6.07, 6.45) is 0.415. The Morgan fingerprint density at radius 3 is 2.14 bits per heavy atom. The van der Waals surface area contributed by atoms with Crippen molar-refractivity contribution in [2.45, 2.75) is 45.1 Å². The van der Waals surface area contributed by atoms with Gasteiger partial charge in [0.25, 0.3) is 0 Å². The molecule has 1 aromatic carbocycles. The average molecular weight is 309 g/mol. The van der Waals surface area contributed by atoms with E-state index in [1.807, 2.05) is 33.8 Å². The van der Waals surface area contributed by atoms with Crippen LogP contribution in [0.3, 0.4) is 0 Å². The Labute approximate surface area is 126 Å². The van der Waals surface area contributed by atoms with E-state index in [4.69, 9.17) is 0 Å². The van der Waals surface area contributed by atoms with Crippen molar-refractivity contribution < 1.29 is 13.5 Å². The first-order chi connectivity index (χ1) is 9.73. The average Bonchev–Trinajstić information content (AvgIpc) is 2.74. The van der Waals surface area contributed by atoms with E-state index in [0.717, 1.165) is 28.7 Å². The van der Waals surface area contributed by atoms with Gasteiger partial charge in [-0.05, 0) is 62.3 Å². The van der Waals surface area contributed by atoms with E-state index in [9.17, 15) is 13.5 Å².